The van der Waals surface area contributed by atoms with Crippen molar-refractivity contribution in [1.29, 1.82) is 0 Å². The number of carbonyl (C=O) groups excluding carboxylic acids is 1. The Morgan fingerprint density at radius 1 is 0.977 bits per heavy atom. The highest BCUT2D eigenvalue weighted by Gasteiger charge is 2.31. The van der Waals surface area contributed by atoms with Gasteiger partial charge in [-0.05, 0) is 81.0 Å². The fraction of sp³-hybridized carbons (Fsp3) is 0.250. The molecule has 0 unspecified atom stereocenters. The van der Waals surface area contributed by atoms with Crippen LogP contribution < -0.4 is 14.9 Å². The second kappa shape index (κ2) is 13.3. The van der Waals surface area contributed by atoms with Gasteiger partial charge in [0.25, 0.3) is 0 Å². The number of rotatable bonds is 9. The SMILES string of the molecule is Cc1cccc(C)c1-n1c(C)csc1=NC(=O)NCCCCc1ccc(-c2ncn(-c3ccc(OC(F)(F)F)cc3)n2)cc1. The average Bonchev–Trinajstić information content (AvgIpc) is 3.60. The number of ether oxygens (including phenoxy) is 1. The second-order valence-corrected chi connectivity index (χ2v) is 11.1. The van der Waals surface area contributed by atoms with E-state index in [-0.39, 0.29) is 11.8 Å². The Morgan fingerprint density at radius 2 is 1.68 bits per heavy atom. The van der Waals surface area contributed by atoms with Crippen molar-refractivity contribution in [3.63, 3.8) is 0 Å². The first-order valence-electron chi connectivity index (χ1n) is 14.0. The van der Waals surface area contributed by atoms with Gasteiger partial charge in [0.1, 0.15) is 12.1 Å². The molecule has 0 aliphatic carbocycles. The number of halogens is 3. The van der Waals surface area contributed by atoms with E-state index in [4.69, 9.17) is 0 Å². The van der Waals surface area contributed by atoms with Crippen molar-refractivity contribution < 1.29 is 22.7 Å². The highest BCUT2D eigenvalue weighted by molar-refractivity contribution is 7.07. The molecule has 3 aromatic carbocycles. The molecule has 0 aliphatic heterocycles. The van der Waals surface area contributed by atoms with E-state index >= 15 is 0 Å². The van der Waals surface area contributed by atoms with Gasteiger partial charge in [0.2, 0.25) is 0 Å². The van der Waals surface area contributed by atoms with E-state index in [1.807, 2.05) is 47.2 Å². The maximum atomic E-state index is 12.6. The minimum atomic E-state index is -4.74. The number of thiazole rings is 1. The molecular formula is C32H31F3N6O2S. The number of aryl methyl sites for hydroxylation is 4. The van der Waals surface area contributed by atoms with Gasteiger partial charge in [-0.25, -0.2) is 14.5 Å². The molecule has 5 rings (SSSR count). The molecule has 0 radical (unpaired) electrons. The molecule has 2 heterocycles. The second-order valence-electron chi connectivity index (χ2n) is 10.3. The number of benzene rings is 3. The van der Waals surface area contributed by atoms with Crippen LogP contribution in [0.3, 0.4) is 0 Å². The van der Waals surface area contributed by atoms with E-state index in [0.29, 0.717) is 22.9 Å². The summed E-state index contributed by atoms with van der Waals surface area (Å²) in [5.41, 5.74) is 6.86. The van der Waals surface area contributed by atoms with Crippen LogP contribution >= 0.6 is 11.3 Å². The van der Waals surface area contributed by atoms with Gasteiger partial charge in [-0.15, -0.1) is 29.6 Å². The summed E-state index contributed by atoms with van der Waals surface area (Å²) in [6.45, 7) is 6.65. The lowest BCUT2D eigenvalue weighted by atomic mass is 10.1. The Bertz CT molecular complexity index is 1790. The van der Waals surface area contributed by atoms with Crippen molar-refractivity contribution in [2.45, 2.75) is 46.4 Å². The van der Waals surface area contributed by atoms with Crippen LogP contribution in [0.2, 0.25) is 0 Å². The molecule has 1 N–H and O–H groups in total. The topological polar surface area (TPSA) is 86.3 Å². The number of alkyl halides is 3. The van der Waals surface area contributed by atoms with Crippen LogP contribution in [-0.2, 0) is 6.42 Å². The van der Waals surface area contributed by atoms with Gasteiger partial charge in [0.05, 0.1) is 11.4 Å². The third kappa shape index (κ3) is 7.62. The Hall–Kier alpha value is -4.71. The van der Waals surface area contributed by atoms with Crippen LogP contribution in [0, 0.1) is 20.8 Å². The van der Waals surface area contributed by atoms with Gasteiger partial charge in [-0.1, -0.05) is 42.5 Å². The van der Waals surface area contributed by atoms with Crippen molar-refractivity contribution in [3.05, 3.63) is 106 Å². The molecule has 0 fully saturated rings. The van der Waals surface area contributed by atoms with Gasteiger partial charge in [0.15, 0.2) is 10.6 Å². The lowest BCUT2D eigenvalue weighted by molar-refractivity contribution is -0.274. The third-order valence-electron chi connectivity index (χ3n) is 6.95. The lowest BCUT2D eigenvalue weighted by Gasteiger charge is -2.12. The van der Waals surface area contributed by atoms with E-state index < -0.39 is 6.36 Å². The monoisotopic (exact) mass is 620 g/mol. The zero-order valence-corrected chi connectivity index (χ0v) is 25.2. The zero-order valence-electron chi connectivity index (χ0n) is 24.4. The number of para-hydroxylation sites is 1. The summed E-state index contributed by atoms with van der Waals surface area (Å²) in [5, 5.41) is 9.35. The summed E-state index contributed by atoms with van der Waals surface area (Å²) >= 11 is 1.45. The fourth-order valence-electron chi connectivity index (χ4n) is 4.82. The molecule has 0 atom stereocenters. The highest BCUT2D eigenvalue weighted by atomic mass is 32.1. The van der Waals surface area contributed by atoms with Gasteiger partial charge >= 0.3 is 12.4 Å². The van der Waals surface area contributed by atoms with Crippen molar-refractivity contribution >= 4 is 17.4 Å². The predicted molar refractivity (Wildman–Crippen MR) is 163 cm³/mol. The minimum Gasteiger partial charge on any atom is -0.406 e. The molecule has 8 nitrogen and oxygen atoms in total. The molecule has 2 amide bonds. The number of hydrogen-bond donors (Lipinski definition) is 1. The van der Waals surface area contributed by atoms with Crippen LogP contribution in [0.4, 0.5) is 18.0 Å². The maximum absolute atomic E-state index is 12.6. The summed E-state index contributed by atoms with van der Waals surface area (Å²) in [4.78, 5) is 21.9. The van der Waals surface area contributed by atoms with Crippen molar-refractivity contribution in [2.24, 2.45) is 4.99 Å². The Kier molecular flexibility index (Phi) is 9.29. The van der Waals surface area contributed by atoms with E-state index in [1.165, 1.54) is 46.6 Å². The molecule has 0 saturated carbocycles. The fourth-order valence-corrected chi connectivity index (χ4v) is 5.68. The first-order valence-corrected chi connectivity index (χ1v) is 14.9. The standard InChI is InChI=1S/C32H31F3N6O2S/c1-21-7-6-8-22(2)28(21)41-23(3)19-44-31(41)38-30(42)36-18-5-4-9-24-10-12-25(13-11-24)29-37-20-40(39-29)26-14-16-27(17-15-26)43-32(33,34)35/h6-8,10-17,19-20H,4-5,9,18H2,1-3H3,(H,36,42). The van der Waals surface area contributed by atoms with Crippen LogP contribution in [0.25, 0.3) is 22.8 Å². The Balaban J connectivity index is 1.11. The molecule has 44 heavy (non-hydrogen) atoms. The molecule has 228 valence electrons. The smallest absolute Gasteiger partial charge is 0.406 e. The maximum Gasteiger partial charge on any atom is 0.573 e. The van der Waals surface area contributed by atoms with Crippen molar-refractivity contribution in [2.75, 3.05) is 6.54 Å². The molecule has 0 spiro atoms. The minimum absolute atomic E-state index is 0.301. The molecule has 5 aromatic rings. The average molecular weight is 621 g/mol. The van der Waals surface area contributed by atoms with Crippen molar-refractivity contribution in [3.8, 4) is 28.5 Å². The third-order valence-corrected chi connectivity index (χ3v) is 7.89. The molecule has 0 bridgehead atoms. The predicted octanol–water partition coefficient (Wildman–Crippen LogP) is 7.24. The van der Waals surface area contributed by atoms with Gasteiger partial charge in [0, 0.05) is 23.2 Å². The van der Waals surface area contributed by atoms with Gasteiger partial charge < -0.3 is 10.1 Å². The van der Waals surface area contributed by atoms with Crippen molar-refractivity contribution in [1.82, 2.24) is 24.6 Å². The molecule has 2 aromatic heterocycles. The van der Waals surface area contributed by atoms with Crippen LogP contribution in [0.15, 0.2) is 83.4 Å². The molecule has 12 heteroatoms. The van der Waals surface area contributed by atoms with E-state index in [9.17, 15) is 18.0 Å². The zero-order chi connectivity index (χ0) is 31.3. The first-order chi connectivity index (χ1) is 21.1. The van der Waals surface area contributed by atoms with E-state index in [2.05, 4.69) is 51.1 Å². The van der Waals surface area contributed by atoms with Crippen LogP contribution in [-0.4, -0.2) is 38.3 Å². The van der Waals surface area contributed by atoms with Crippen LogP contribution in [0.1, 0.15) is 35.2 Å². The Labute approximate surface area is 256 Å². The summed E-state index contributed by atoms with van der Waals surface area (Å²) in [6.07, 6.45) is -0.691. The number of carbonyl (C=O) groups is 1. The number of aromatic nitrogens is 4. The number of nitrogens with one attached hydrogen (secondary N) is 1. The highest BCUT2D eigenvalue weighted by Crippen LogP contribution is 2.24. The summed E-state index contributed by atoms with van der Waals surface area (Å²) in [5.74, 6) is 0.197. The molecular weight excluding hydrogens is 589 g/mol. The lowest BCUT2D eigenvalue weighted by Crippen LogP contribution is -2.25. The number of amides is 2. The molecule has 0 saturated heterocycles. The largest absolute Gasteiger partial charge is 0.573 e. The van der Waals surface area contributed by atoms with E-state index in [1.54, 1.807) is 0 Å². The van der Waals surface area contributed by atoms with Crippen LogP contribution in [0.5, 0.6) is 5.75 Å². The summed E-state index contributed by atoms with van der Waals surface area (Å²) < 4.78 is 44.6. The number of nitrogens with zero attached hydrogens (tertiary/aromatic N) is 5. The summed E-state index contributed by atoms with van der Waals surface area (Å²) in [6, 6.07) is 19.1. The molecule has 0 aliphatic rings. The Morgan fingerprint density at radius 3 is 2.36 bits per heavy atom. The van der Waals surface area contributed by atoms with Gasteiger partial charge in [-0.3, -0.25) is 4.57 Å². The summed E-state index contributed by atoms with van der Waals surface area (Å²) in [7, 11) is 0. The first kappa shape index (κ1) is 30.7. The number of hydrogen-bond acceptors (Lipinski definition) is 5. The normalized spacial score (nSPS) is 12.0. The van der Waals surface area contributed by atoms with Gasteiger partial charge in [-0.2, -0.15) is 4.99 Å². The number of unbranched alkanes of at least 4 members (excludes halogenated alkanes) is 1. The van der Waals surface area contributed by atoms with E-state index in [0.717, 1.165) is 52.9 Å². The quantitative estimate of drug-likeness (QED) is 0.176. The number of urea groups is 1.